The molecule has 28 heavy (non-hydrogen) atoms. The van der Waals surface area contributed by atoms with Crippen LogP contribution in [0.4, 0.5) is 19.3 Å². The number of allylic oxidation sites excluding steroid dienone is 1. The van der Waals surface area contributed by atoms with Gasteiger partial charge in [-0.25, -0.2) is 26.8 Å². The Balaban J connectivity index is 2.28. The molecule has 0 amide bonds. The second-order valence-electron chi connectivity index (χ2n) is 5.94. The minimum Gasteiger partial charge on any atom is -0.463 e. The second-order valence-corrected chi connectivity index (χ2v) is 8.16. The third-order valence-corrected chi connectivity index (χ3v) is 5.83. The largest absolute Gasteiger partial charge is 0.463 e. The van der Waals surface area contributed by atoms with E-state index in [2.05, 4.69) is 17.4 Å². The molecule has 1 atom stereocenters. The number of esters is 1. The fourth-order valence-electron chi connectivity index (χ4n) is 2.76. The maximum absolute atomic E-state index is 14.3. The molecule has 1 unspecified atom stereocenters. The standard InChI is InChI=1S/C17H19F2NO6S2/c1-2-25-16(21)11-5-3-4-6-14(11)28(23,24)20-15-12(18)7-10(8-13(15)19)9-26-17(22)27/h5,7-8,14,20H,2-4,6,9H2,1H3,(H,22,27). The van der Waals surface area contributed by atoms with Crippen LogP contribution in [-0.4, -0.2) is 31.5 Å². The van der Waals surface area contributed by atoms with Crippen LogP contribution in [0.2, 0.25) is 0 Å². The fraction of sp³-hybridized carbons (Fsp3) is 0.412. The summed E-state index contributed by atoms with van der Waals surface area (Å²) in [7, 11) is -4.33. The lowest BCUT2D eigenvalue weighted by molar-refractivity contribution is -0.138. The lowest BCUT2D eigenvalue weighted by Crippen LogP contribution is -2.35. The Morgan fingerprint density at radius 1 is 1.25 bits per heavy atom. The molecule has 0 spiro atoms. The summed E-state index contributed by atoms with van der Waals surface area (Å²) in [5, 5.41) is -2.22. The molecule has 11 heteroatoms. The smallest absolute Gasteiger partial charge is 0.364 e. The van der Waals surface area contributed by atoms with E-state index in [1.54, 1.807) is 6.92 Å². The van der Waals surface area contributed by atoms with Crippen molar-refractivity contribution in [3.8, 4) is 0 Å². The molecule has 0 saturated carbocycles. The molecule has 1 aliphatic carbocycles. The average molecular weight is 435 g/mol. The van der Waals surface area contributed by atoms with Crippen molar-refractivity contribution in [2.24, 2.45) is 0 Å². The van der Waals surface area contributed by atoms with E-state index in [0.717, 1.165) is 12.1 Å². The number of sulfonamides is 1. The van der Waals surface area contributed by atoms with Gasteiger partial charge in [-0.3, -0.25) is 4.72 Å². The van der Waals surface area contributed by atoms with Crippen LogP contribution in [0.1, 0.15) is 31.7 Å². The molecule has 154 valence electrons. The maximum atomic E-state index is 14.3. The summed E-state index contributed by atoms with van der Waals surface area (Å²) in [4.78, 5) is 22.7. The van der Waals surface area contributed by atoms with Crippen molar-refractivity contribution in [2.45, 2.75) is 38.0 Å². The number of anilines is 1. The summed E-state index contributed by atoms with van der Waals surface area (Å²) in [6, 6.07) is 1.67. The molecule has 0 bridgehead atoms. The van der Waals surface area contributed by atoms with Gasteiger partial charge in [0, 0.05) is 0 Å². The van der Waals surface area contributed by atoms with Gasteiger partial charge in [-0.2, -0.15) is 0 Å². The van der Waals surface area contributed by atoms with Crippen LogP contribution in [0.3, 0.4) is 0 Å². The van der Waals surface area contributed by atoms with E-state index in [-0.39, 0.29) is 24.2 Å². The topological polar surface area (TPSA) is 98.8 Å². The van der Waals surface area contributed by atoms with Crippen LogP contribution in [0.25, 0.3) is 0 Å². The lowest BCUT2D eigenvalue weighted by atomic mass is 9.99. The number of carbonyl (C=O) groups is 2. The van der Waals surface area contributed by atoms with E-state index in [9.17, 15) is 26.8 Å². The van der Waals surface area contributed by atoms with Crippen LogP contribution in [0.15, 0.2) is 23.8 Å². The van der Waals surface area contributed by atoms with Gasteiger partial charge in [-0.1, -0.05) is 18.7 Å². The Morgan fingerprint density at radius 2 is 1.89 bits per heavy atom. The molecule has 0 aromatic heterocycles. The first-order valence-electron chi connectivity index (χ1n) is 8.38. The van der Waals surface area contributed by atoms with E-state index >= 15 is 0 Å². The van der Waals surface area contributed by atoms with Crippen molar-refractivity contribution >= 4 is 39.6 Å². The summed E-state index contributed by atoms with van der Waals surface area (Å²) in [6.45, 7) is 1.22. The Bertz CT molecular complexity index is 878. The number of rotatable bonds is 7. The van der Waals surface area contributed by atoms with Gasteiger partial charge < -0.3 is 9.47 Å². The zero-order valence-electron chi connectivity index (χ0n) is 14.9. The van der Waals surface area contributed by atoms with Gasteiger partial charge in [0.1, 0.15) is 17.5 Å². The van der Waals surface area contributed by atoms with Gasteiger partial charge >= 0.3 is 11.3 Å². The summed E-state index contributed by atoms with van der Waals surface area (Å²) in [5.74, 6) is -3.15. The van der Waals surface area contributed by atoms with Gasteiger partial charge in [0.25, 0.3) is 0 Å². The average Bonchev–Trinajstić information content (AvgIpc) is 2.63. The maximum Gasteiger partial charge on any atom is 0.364 e. The molecule has 1 aromatic rings. The number of ether oxygens (including phenoxy) is 2. The highest BCUT2D eigenvalue weighted by molar-refractivity contribution is 7.96. The lowest BCUT2D eigenvalue weighted by Gasteiger charge is -2.24. The van der Waals surface area contributed by atoms with E-state index < -0.39 is 50.5 Å². The number of carbonyl (C=O) groups excluding carboxylic acids is 2. The molecule has 7 nitrogen and oxygen atoms in total. The third-order valence-electron chi connectivity index (χ3n) is 3.98. The predicted molar refractivity (Wildman–Crippen MR) is 100 cm³/mol. The Kier molecular flexibility index (Phi) is 7.41. The molecular weight excluding hydrogens is 416 g/mol. The van der Waals surface area contributed by atoms with E-state index in [1.807, 2.05) is 4.72 Å². The minimum atomic E-state index is -4.33. The number of hydrogen-bond acceptors (Lipinski definition) is 6. The molecule has 0 saturated heterocycles. The normalized spacial score (nSPS) is 16.9. The SMILES string of the molecule is CCOC(=O)C1=CCCCC1S(=O)(=O)Nc1c(F)cc(COC(=O)S)cc1F. The molecule has 0 heterocycles. The first-order chi connectivity index (χ1) is 13.2. The van der Waals surface area contributed by atoms with Crippen molar-refractivity contribution < 1.29 is 36.3 Å². The Morgan fingerprint density at radius 3 is 2.46 bits per heavy atom. The summed E-state index contributed by atoms with van der Waals surface area (Å²) >= 11 is 3.37. The van der Waals surface area contributed by atoms with Gasteiger partial charge in [-0.05, 0) is 43.9 Å². The predicted octanol–water partition coefficient (Wildman–Crippen LogP) is 3.31. The van der Waals surface area contributed by atoms with Crippen LogP contribution in [0, 0.1) is 11.6 Å². The molecule has 1 aromatic carbocycles. The first-order valence-corrected chi connectivity index (χ1v) is 10.4. The third kappa shape index (κ3) is 5.44. The molecule has 1 aliphatic rings. The second kappa shape index (κ2) is 9.37. The summed E-state index contributed by atoms with van der Waals surface area (Å²) < 4.78 is 65.3. The minimum absolute atomic E-state index is 0.0230. The number of hydrogen-bond donors (Lipinski definition) is 2. The number of halogens is 2. The number of thiol groups is 1. The highest BCUT2D eigenvalue weighted by atomic mass is 32.2. The molecule has 0 aliphatic heterocycles. The first kappa shape index (κ1) is 22.2. The van der Waals surface area contributed by atoms with Crippen molar-refractivity contribution in [3.05, 3.63) is 41.0 Å². The Labute approximate surface area is 166 Å². The molecule has 1 N–H and O–H groups in total. The van der Waals surface area contributed by atoms with Gasteiger partial charge in [0.2, 0.25) is 10.0 Å². The van der Waals surface area contributed by atoms with E-state index in [0.29, 0.717) is 12.8 Å². The van der Waals surface area contributed by atoms with Crippen LogP contribution in [-0.2, 0) is 30.9 Å². The van der Waals surface area contributed by atoms with Crippen LogP contribution < -0.4 is 4.72 Å². The monoisotopic (exact) mass is 435 g/mol. The van der Waals surface area contributed by atoms with Gasteiger partial charge in [0.05, 0.1) is 12.2 Å². The zero-order valence-corrected chi connectivity index (χ0v) is 16.6. The van der Waals surface area contributed by atoms with E-state index in [1.165, 1.54) is 6.08 Å². The van der Waals surface area contributed by atoms with E-state index in [4.69, 9.17) is 4.74 Å². The molecule has 0 radical (unpaired) electrons. The summed E-state index contributed by atoms with van der Waals surface area (Å²) in [6.07, 6.45) is 2.57. The van der Waals surface area contributed by atoms with Crippen molar-refractivity contribution in [3.63, 3.8) is 0 Å². The van der Waals surface area contributed by atoms with Crippen LogP contribution in [0.5, 0.6) is 0 Å². The van der Waals surface area contributed by atoms with Crippen molar-refractivity contribution in [1.29, 1.82) is 0 Å². The highest BCUT2D eigenvalue weighted by Crippen LogP contribution is 2.29. The van der Waals surface area contributed by atoms with Crippen molar-refractivity contribution in [2.75, 3.05) is 11.3 Å². The highest BCUT2D eigenvalue weighted by Gasteiger charge is 2.36. The Hall–Kier alpha value is -2.14. The molecule has 0 fully saturated rings. The fourth-order valence-corrected chi connectivity index (χ4v) is 4.45. The van der Waals surface area contributed by atoms with Gasteiger partial charge in [-0.15, -0.1) is 0 Å². The quantitative estimate of drug-likeness (QED) is 0.504. The summed E-state index contributed by atoms with van der Waals surface area (Å²) in [5.41, 5.74) is -0.960. The van der Waals surface area contributed by atoms with Crippen molar-refractivity contribution in [1.82, 2.24) is 0 Å². The number of benzene rings is 1. The zero-order chi connectivity index (χ0) is 20.9. The molecular formula is C17H19F2NO6S2. The van der Waals surface area contributed by atoms with Crippen LogP contribution >= 0.6 is 12.6 Å². The number of nitrogens with one attached hydrogen (secondary N) is 1. The van der Waals surface area contributed by atoms with Gasteiger partial charge in [0.15, 0.2) is 11.6 Å². The molecule has 2 rings (SSSR count).